The first-order chi connectivity index (χ1) is 7.10. The van der Waals surface area contributed by atoms with Gasteiger partial charge in [0.05, 0.1) is 0 Å². The van der Waals surface area contributed by atoms with Gasteiger partial charge >= 0.3 is 11.9 Å². The Bertz CT molecular complexity index is 272. The maximum atomic E-state index is 11.3. The third-order valence-corrected chi connectivity index (χ3v) is 1.97. The average molecular weight is 232 g/mol. The topological polar surface area (TPSA) is 102 Å². The van der Waals surface area contributed by atoms with Gasteiger partial charge in [-0.2, -0.15) is 0 Å². The van der Waals surface area contributed by atoms with Gasteiger partial charge in [-0.1, -0.05) is 0 Å². The van der Waals surface area contributed by atoms with Crippen molar-refractivity contribution in [2.45, 2.75) is 44.9 Å². The fraction of sp³-hybridized carbons (Fsp3) is 0.800. The lowest BCUT2D eigenvalue weighted by Crippen LogP contribution is -2.58. The molecule has 0 aliphatic heterocycles. The smallest absolute Gasteiger partial charge is 0.338 e. The number of carbonyl (C=O) groups is 2. The maximum absolute atomic E-state index is 11.3. The molecule has 0 amide bonds. The second-order valence-corrected chi connectivity index (χ2v) is 4.61. The summed E-state index contributed by atoms with van der Waals surface area (Å²) in [7, 11) is 1.43. The van der Waals surface area contributed by atoms with Gasteiger partial charge in [0.1, 0.15) is 5.60 Å². The van der Waals surface area contributed by atoms with Gasteiger partial charge in [-0.05, 0) is 34.2 Å². The van der Waals surface area contributed by atoms with E-state index in [1.807, 2.05) is 0 Å². The van der Waals surface area contributed by atoms with E-state index in [4.69, 9.17) is 15.6 Å². The number of carboxylic acids is 1. The van der Waals surface area contributed by atoms with Gasteiger partial charge in [0.2, 0.25) is 0 Å². The number of nitrogens with two attached hydrogens (primary N) is 1. The average Bonchev–Trinajstić information content (AvgIpc) is 2.11. The highest BCUT2D eigenvalue weighted by atomic mass is 16.6. The van der Waals surface area contributed by atoms with Crippen molar-refractivity contribution in [1.29, 1.82) is 0 Å². The van der Waals surface area contributed by atoms with E-state index in [1.165, 1.54) is 7.05 Å². The lowest BCUT2D eigenvalue weighted by molar-refractivity contribution is -0.156. The first-order valence-corrected chi connectivity index (χ1v) is 5.04. The monoisotopic (exact) mass is 232 g/mol. The molecule has 0 rings (SSSR count). The maximum Gasteiger partial charge on any atom is 0.338 e. The highest BCUT2D eigenvalue weighted by Gasteiger charge is 2.33. The lowest BCUT2D eigenvalue weighted by Gasteiger charge is -2.25. The number of carbonyl (C=O) groups excluding carboxylic acids is 1. The normalized spacial score (nSPS) is 15.3. The minimum Gasteiger partial charge on any atom is -0.479 e. The number of carboxylic acid groups (broad SMARTS) is 1. The first-order valence-electron chi connectivity index (χ1n) is 5.04. The first kappa shape index (κ1) is 14.9. The van der Waals surface area contributed by atoms with Crippen molar-refractivity contribution >= 4 is 11.9 Å². The van der Waals surface area contributed by atoms with Crippen LogP contribution in [-0.4, -0.2) is 35.4 Å². The van der Waals surface area contributed by atoms with Crippen LogP contribution >= 0.6 is 0 Å². The summed E-state index contributed by atoms with van der Waals surface area (Å²) < 4.78 is 5.04. The van der Waals surface area contributed by atoms with Crippen LogP contribution < -0.4 is 11.1 Å². The number of rotatable bonds is 5. The number of aliphatic carboxylic acids is 1. The second-order valence-electron chi connectivity index (χ2n) is 4.61. The molecule has 0 aliphatic carbocycles. The standard InChI is InChI=1S/C10H20N2O4/c1-9(2,3)16-7(13)5-6-10(11,12-4)8(14)15/h12H,5-6,11H2,1-4H3,(H,14,15). The molecule has 94 valence electrons. The van der Waals surface area contributed by atoms with Crippen molar-refractivity contribution in [1.82, 2.24) is 5.32 Å². The van der Waals surface area contributed by atoms with Gasteiger partial charge in [-0.25, -0.2) is 4.79 Å². The number of nitrogens with one attached hydrogen (secondary N) is 1. The second kappa shape index (κ2) is 5.27. The van der Waals surface area contributed by atoms with Crippen molar-refractivity contribution in [3.63, 3.8) is 0 Å². The van der Waals surface area contributed by atoms with Crippen LogP contribution in [0.3, 0.4) is 0 Å². The van der Waals surface area contributed by atoms with Crippen molar-refractivity contribution in [3.8, 4) is 0 Å². The van der Waals surface area contributed by atoms with Crippen LogP contribution in [0.4, 0.5) is 0 Å². The number of hydrogen-bond acceptors (Lipinski definition) is 5. The Morgan fingerprint density at radius 1 is 1.38 bits per heavy atom. The molecule has 0 heterocycles. The summed E-state index contributed by atoms with van der Waals surface area (Å²) in [5, 5.41) is 11.3. The predicted molar refractivity (Wildman–Crippen MR) is 58.7 cm³/mol. The van der Waals surface area contributed by atoms with Gasteiger partial charge in [0.25, 0.3) is 0 Å². The SMILES string of the molecule is CNC(N)(CCC(=O)OC(C)(C)C)C(=O)O. The van der Waals surface area contributed by atoms with Crippen LogP contribution in [0.15, 0.2) is 0 Å². The van der Waals surface area contributed by atoms with Crippen LogP contribution in [0, 0.1) is 0 Å². The molecule has 16 heavy (non-hydrogen) atoms. The number of likely N-dealkylation sites (N-methyl/N-ethyl adjacent to an activating group) is 1. The molecule has 0 saturated heterocycles. The summed E-state index contributed by atoms with van der Waals surface area (Å²) in [6.07, 6.45) is -0.0609. The molecule has 4 N–H and O–H groups in total. The van der Waals surface area contributed by atoms with Gasteiger partial charge in [0.15, 0.2) is 5.66 Å². The fourth-order valence-corrected chi connectivity index (χ4v) is 1.03. The van der Waals surface area contributed by atoms with E-state index >= 15 is 0 Å². The summed E-state index contributed by atoms with van der Waals surface area (Å²) in [5.74, 6) is -1.66. The molecular formula is C10H20N2O4. The minimum atomic E-state index is -1.59. The Morgan fingerprint density at radius 3 is 2.19 bits per heavy atom. The highest BCUT2D eigenvalue weighted by Crippen LogP contribution is 2.12. The number of ether oxygens (including phenoxy) is 1. The van der Waals surface area contributed by atoms with Crippen molar-refractivity contribution in [2.75, 3.05) is 7.05 Å². The molecule has 1 atom stereocenters. The van der Waals surface area contributed by atoms with Crippen LogP contribution in [0.5, 0.6) is 0 Å². The molecule has 0 aromatic rings. The molecular weight excluding hydrogens is 212 g/mol. The highest BCUT2D eigenvalue weighted by molar-refractivity contribution is 5.79. The third kappa shape index (κ3) is 5.09. The van der Waals surface area contributed by atoms with E-state index in [0.717, 1.165) is 0 Å². The minimum absolute atomic E-state index is 0.0201. The van der Waals surface area contributed by atoms with E-state index < -0.39 is 23.2 Å². The number of esters is 1. The Kier molecular flexibility index (Phi) is 4.89. The Labute approximate surface area is 95.1 Å². The molecule has 0 saturated carbocycles. The van der Waals surface area contributed by atoms with Crippen molar-refractivity contribution in [2.24, 2.45) is 5.73 Å². The molecule has 0 aromatic carbocycles. The zero-order chi connectivity index (χ0) is 13.0. The largest absolute Gasteiger partial charge is 0.479 e. The molecule has 6 nitrogen and oxygen atoms in total. The lowest BCUT2D eigenvalue weighted by atomic mass is 10.1. The van der Waals surface area contributed by atoms with E-state index in [2.05, 4.69) is 5.32 Å². The Morgan fingerprint density at radius 2 is 1.88 bits per heavy atom. The van der Waals surface area contributed by atoms with E-state index in [1.54, 1.807) is 20.8 Å². The zero-order valence-electron chi connectivity index (χ0n) is 10.2. The molecule has 6 heteroatoms. The quantitative estimate of drug-likeness (QED) is 0.458. The van der Waals surface area contributed by atoms with Gasteiger partial charge in [-0.3, -0.25) is 10.1 Å². The fourth-order valence-electron chi connectivity index (χ4n) is 1.03. The third-order valence-electron chi connectivity index (χ3n) is 1.97. The van der Waals surface area contributed by atoms with Crippen LogP contribution in [0.25, 0.3) is 0 Å². The molecule has 0 fully saturated rings. The zero-order valence-corrected chi connectivity index (χ0v) is 10.2. The van der Waals surface area contributed by atoms with Crippen LogP contribution in [0.1, 0.15) is 33.6 Å². The molecule has 0 radical (unpaired) electrons. The van der Waals surface area contributed by atoms with E-state index in [-0.39, 0.29) is 12.8 Å². The molecule has 0 aromatic heterocycles. The molecule has 0 spiro atoms. The van der Waals surface area contributed by atoms with Crippen LogP contribution in [0.2, 0.25) is 0 Å². The predicted octanol–water partition coefficient (Wildman–Crippen LogP) is 0.0673. The summed E-state index contributed by atoms with van der Waals surface area (Å²) in [4.78, 5) is 22.2. The van der Waals surface area contributed by atoms with Crippen LogP contribution in [-0.2, 0) is 14.3 Å². The number of hydrogen-bond donors (Lipinski definition) is 3. The van der Waals surface area contributed by atoms with E-state index in [9.17, 15) is 9.59 Å². The van der Waals surface area contributed by atoms with Crippen molar-refractivity contribution in [3.05, 3.63) is 0 Å². The van der Waals surface area contributed by atoms with E-state index in [0.29, 0.717) is 0 Å². The summed E-state index contributed by atoms with van der Waals surface area (Å²) in [6, 6.07) is 0. The van der Waals surface area contributed by atoms with Gasteiger partial charge < -0.3 is 15.6 Å². The van der Waals surface area contributed by atoms with Gasteiger partial charge in [-0.15, -0.1) is 0 Å². The Hall–Kier alpha value is -1.14. The molecule has 0 aliphatic rings. The summed E-state index contributed by atoms with van der Waals surface area (Å²) >= 11 is 0. The summed E-state index contributed by atoms with van der Waals surface area (Å²) in [5.41, 5.74) is 3.38. The Balaban J connectivity index is 4.24. The van der Waals surface area contributed by atoms with Gasteiger partial charge in [0, 0.05) is 6.42 Å². The summed E-state index contributed by atoms with van der Waals surface area (Å²) in [6.45, 7) is 5.24. The molecule has 1 unspecified atom stereocenters. The van der Waals surface area contributed by atoms with Crippen molar-refractivity contribution < 1.29 is 19.4 Å². The molecule has 0 bridgehead atoms.